The van der Waals surface area contributed by atoms with Gasteiger partial charge >= 0.3 is 7.12 Å². The molecule has 0 aromatic heterocycles. The van der Waals surface area contributed by atoms with Gasteiger partial charge in [0.25, 0.3) is 0 Å². The van der Waals surface area contributed by atoms with Crippen molar-refractivity contribution < 1.29 is 102 Å². The molecule has 0 bridgehead atoms. The Labute approximate surface area is 291 Å². The maximum Gasteiger partial charge on any atom is 0.639 e. The van der Waals surface area contributed by atoms with Crippen LogP contribution in [0.1, 0.15) is 0 Å². The first-order valence-corrected chi connectivity index (χ1v) is 14.1. The second-order valence-electron chi connectivity index (χ2n) is 11.2. The Hall–Kier alpha value is -5.97. The molecule has 56 heavy (non-hydrogen) atoms. The summed E-state index contributed by atoms with van der Waals surface area (Å²) >= 11 is 0. The van der Waals surface area contributed by atoms with Crippen LogP contribution in [0.15, 0.2) is 0 Å². The molecule has 0 amide bonds. The van der Waals surface area contributed by atoms with Gasteiger partial charge in [0.1, 0.15) is 0 Å². The molecule has 0 atom stereocenters. The maximum absolute atomic E-state index is 15.8. The lowest BCUT2D eigenvalue weighted by atomic mass is 9.76. The molecule has 24 heteroatoms. The molecule has 0 spiro atoms. The second kappa shape index (κ2) is 12.5. The highest BCUT2D eigenvalue weighted by molar-refractivity contribution is 6.63. The van der Waals surface area contributed by atoms with Crippen LogP contribution in [-0.4, -0.2) is 7.12 Å². The third kappa shape index (κ3) is 4.72. The molecule has 7 aromatic carbocycles. The van der Waals surface area contributed by atoms with Crippen molar-refractivity contribution in [2.24, 2.45) is 0 Å². The Bertz CT molecular complexity index is 2890. The SMILES string of the molecule is Fc1c(F)c(F)c(B(Oc2c(F)c(F)c(F)c3c(F)c(F)c(F)c(F)c23)Oc2c(F)c(F)c3c(F)c(F)c4c(F)c(F)c(F)c5c(F)c(F)c2c3c45)c(F)c1F. The molecule has 0 saturated heterocycles. The van der Waals surface area contributed by atoms with E-state index in [1.54, 1.807) is 0 Å². The Kier molecular flexibility index (Phi) is 8.57. The second-order valence-corrected chi connectivity index (χ2v) is 11.2. The Morgan fingerprint density at radius 2 is 0.393 bits per heavy atom. The summed E-state index contributed by atoms with van der Waals surface area (Å²) in [5.74, 6) is -67.2. The van der Waals surface area contributed by atoms with Crippen LogP contribution in [0.3, 0.4) is 0 Å². The molecule has 0 aliphatic rings. The fraction of sp³-hybridized carbons (Fsp3) is 0. The Morgan fingerprint density at radius 1 is 0.196 bits per heavy atom. The van der Waals surface area contributed by atoms with Gasteiger partial charge in [0.2, 0.25) is 5.82 Å². The van der Waals surface area contributed by atoms with Crippen LogP contribution >= 0.6 is 0 Å². The number of halogens is 21. The van der Waals surface area contributed by atoms with E-state index in [4.69, 9.17) is 0 Å². The topological polar surface area (TPSA) is 18.5 Å². The summed E-state index contributed by atoms with van der Waals surface area (Å²) in [5.41, 5.74) is -2.77. The number of fused-ring (bicyclic) bond motifs is 1. The predicted molar refractivity (Wildman–Crippen MR) is 146 cm³/mol. The lowest BCUT2D eigenvalue weighted by molar-refractivity contribution is 0.363. The highest BCUT2D eigenvalue weighted by atomic mass is 19.2. The molecule has 2 nitrogen and oxygen atoms in total. The van der Waals surface area contributed by atoms with Gasteiger partial charge in [-0.1, -0.05) is 0 Å². The normalized spacial score (nSPS) is 12.0. The average molecular weight is 826 g/mol. The molecule has 0 N–H and O–H groups in total. The first-order valence-electron chi connectivity index (χ1n) is 14.1. The molecular weight excluding hydrogens is 826 g/mol. The largest absolute Gasteiger partial charge is 0.639 e. The first kappa shape index (κ1) is 38.3. The molecule has 7 rings (SSSR count). The molecule has 0 saturated carbocycles. The van der Waals surface area contributed by atoms with Crippen LogP contribution in [0.4, 0.5) is 92.2 Å². The van der Waals surface area contributed by atoms with Crippen LogP contribution in [-0.2, 0) is 0 Å². The van der Waals surface area contributed by atoms with Gasteiger partial charge in [-0.3, -0.25) is 0 Å². The number of hydrogen-bond donors (Lipinski definition) is 0. The van der Waals surface area contributed by atoms with E-state index < -0.39 is 189 Å². The summed E-state index contributed by atoms with van der Waals surface area (Å²) in [4.78, 5) is 0. The van der Waals surface area contributed by atoms with Gasteiger partial charge in [-0.2, -0.15) is 8.78 Å². The van der Waals surface area contributed by atoms with Crippen LogP contribution in [0.5, 0.6) is 11.5 Å². The Morgan fingerprint density at radius 3 is 0.804 bits per heavy atom. The summed E-state index contributed by atoms with van der Waals surface area (Å²) in [6, 6.07) is 0. The van der Waals surface area contributed by atoms with Crippen molar-refractivity contribution in [3.63, 3.8) is 0 Å². The fourth-order valence-corrected chi connectivity index (χ4v) is 5.97. The average Bonchev–Trinajstić information content (AvgIpc) is 3.16. The zero-order chi connectivity index (χ0) is 41.5. The first-order chi connectivity index (χ1) is 26.1. The third-order valence-corrected chi connectivity index (χ3v) is 8.40. The summed E-state index contributed by atoms with van der Waals surface area (Å²) in [6.07, 6.45) is 0. The predicted octanol–water partition coefficient (Wildman–Crippen LogP) is 10.5. The molecule has 0 fully saturated rings. The minimum absolute atomic E-state index is 1.88. The number of hydrogen-bond acceptors (Lipinski definition) is 2. The van der Waals surface area contributed by atoms with Gasteiger partial charge in [0.05, 0.1) is 37.8 Å². The third-order valence-electron chi connectivity index (χ3n) is 8.40. The summed E-state index contributed by atoms with van der Waals surface area (Å²) in [5, 5.41) is -17.5. The lowest BCUT2D eigenvalue weighted by Gasteiger charge is -2.23. The van der Waals surface area contributed by atoms with Gasteiger partial charge in [-0.25, -0.2) is 83.4 Å². The van der Waals surface area contributed by atoms with E-state index in [9.17, 15) is 52.7 Å². The van der Waals surface area contributed by atoms with Crippen molar-refractivity contribution in [1.29, 1.82) is 0 Å². The van der Waals surface area contributed by atoms with Crippen molar-refractivity contribution >= 4 is 55.7 Å². The van der Waals surface area contributed by atoms with E-state index >= 15 is 39.5 Å². The molecule has 0 aliphatic carbocycles. The van der Waals surface area contributed by atoms with E-state index in [0.717, 1.165) is 0 Å². The highest BCUT2D eigenvalue weighted by Crippen LogP contribution is 2.49. The molecule has 7 aromatic rings. The van der Waals surface area contributed by atoms with E-state index in [1.165, 1.54) is 0 Å². The van der Waals surface area contributed by atoms with Crippen LogP contribution in [0, 0.1) is 122 Å². The van der Waals surface area contributed by atoms with Crippen LogP contribution in [0.2, 0.25) is 0 Å². The zero-order valence-electron chi connectivity index (χ0n) is 25.3. The van der Waals surface area contributed by atoms with Crippen molar-refractivity contribution in [1.82, 2.24) is 0 Å². The molecule has 0 unspecified atom stereocenters. The summed E-state index contributed by atoms with van der Waals surface area (Å²) < 4.78 is 321. The fourth-order valence-electron chi connectivity index (χ4n) is 5.97. The quantitative estimate of drug-likeness (QED) is 0.0566. The van der Waals surface area contributed by atoms with Crippen molar-refractivity contribution in [2.75, 3.05) is 0 Å². The molecule has 290 valence electrons. The highest BCUT2D eigenvalue weighted by Gasteiger charge is 2.44. The smallest absolute Gasteiger partial charge is 0.519 e. The van der Waals surface area contributed by atoms with Crippen LogP contribution < -0.4 is 14.8 Å². The van der Waals surface area contributed by atoms with Crippen molar-refractivity contribution in [3.05, 3.63) is 122 Å². The zero-order valence-corrected chi connectivity index (χ0v) is 25.3. The van der Waals surface area contributed by atoms with Gasteiger partial charge in [0.15, 0.2) is 128 Å². The van der Waals surface area contributed by atoms with Crippen molar-refractivity contribution in [2.45, 2.75) is 0 Å². The summed E-state index contributed by atoms with van der Waals surface area (Å²) in [6.45, 7) is 0. The molecule has 0 radical (unpaired) electrons. The minimum atomic E-state index is -4.19. The van der Waals surface area contributed by atoms with Gasteiger partial charge in [-0.05, 0) is 0 Å². The summed E-state index contributed by atoms with van der Waals surface area (Å²) in [7, 11) is -4.19. The van der Waals surface area contributed by atoms with Gasteiger partial charge in [-0.15, -0.1) is 0 Å². The van der Waals surface area contributed by atoms with Crippen molar-refractivity contribution in [3.8, 4) is 11.5 Å². The van der Waals surface area contributed by atoms with E-state index in [0.29, 0.717) is 0 Å². The molecule has 0 heterocycles. The lowest BCUT2D eigenvalue weighted by Crippen LogP contribution is -2.48. The standard InChI is InChI=1S/C32BF21O2/c34-10-3-1-2-5(11(10)35)17(41)29(53)31(7(2)18(42)12(36)4(1)14(38)22(46)13(3)37)55-33(9-20(44)26(50)28(52)27(51)21(9)45)56-32-8-6(16(40)25(49)30(32)54)15(39)23(47)24(48)19(8)43. The van der Waals surface area contributed by atoms with E-state index in [2.05, 4.69) is 9.31 Å². The monoisotopic (exact) mass is 826 g/mol. The van der Waals surface area contributed by atoms with Crippen LogP contribution in [0.25, 0.3) is 43.1 Å². The number of benzene rings is 7. The number of rotatable bonds is 5. The molecule has 0 aliphatic heterocycles. The minimum Gasteiger partial charge on any atom is -0.519 e. The van der Waals surface area contributed by atoms with Gasteiger partial charge < -0.3 is 9.31 Å². The van der Waals surface area contributed by atoms with E-state index in [1.807, 2.05) is 0 Å². The van der Waals surface area contributed by atoms with Gasteiger partial charge in [0, 0.05) is 10.8 Å². The maximum atomic E-state index is 15.8. The van der Waals surface area contributed by atoms with E-state index in [-0.39, 0.29) is 0 Å². The Balaban J connectivity index is 1.65. The molecular formula is C32BF21O2.